The Balaban J connectivity index is 2.12. The Kier molecular flexibility index (Phi) is 5.50. The number of pyridine rings is 1. The van der Waals surface area contributed by atoms with Crippen LogP contribution in [0.1, 0.15) is 20.3 Å². The number of carbonyl (C=O) groups excluding carboxylic acids is 1. The van der Waals surface area contributed by atoms with E-state index in [1.807, 2.05) is 36.4 Å². The first-order chi connectivity index (χ1) is 12.2. The van der Waals surface area contributed by atoms with Gasteiger partial charge in [-0.15, -0.1) is 0 Å². The molecule has 0 unspecified atom stereocenters. The topological polar surface area (TPSA) is 51.7 Å². The first kappa shape index (κ1) is 17.2. The molecular weight excluding hydrogens is 336 g/mol. The fraction of sp³-hybridized carbons (Fsp3) is 0.263. The van der Waals surface area contributed by atoms with Crippen molar-refractivity contribution < 1.29 is 14.3 Å². The van der Waals surface area contributed by atoms with E-state index in [0.29, 0.717) is 5.06 Å². The van der Waals surface area contributed by atoms with Gasteiger partial charge in [0.15, 0.2) is 0 Å². The monoisotopic (exact) mass is 356 g/mol. The lowest BCUT2D eigenvalue weighted by atomic mass is 10.2. The molecule has 0 fully saturated rings. The Bertz CT molecular complexity index is 848. The van der Waals surface area contributed by atoms with E-state index in [1.165, 1.54) is 11.3 Å². The van der Waals surface area contributed by atoms with Crippen LogP contribution in [0, 0.1) is 0 Å². The van der Waals surface area contributed by atoms with E-state index >= 15 is 0 Å². The van der Waals surface area contributed by atoms with E-state index in [0.717, 1.165) is 34.4 Å². The Morgan fingerprint density at radius 3 is 2.64 bits per heavy atom. The van der Waals surface area contributed by atoms with E-state index in [4.69, 9.17) is 9.47 Å². The molecule has 25 heavy (non-hydrogen) atoms. The molecule has 0 aliphatic carbocycles. The number of nitrogens with zero attached hydrogens (tertiary/aromatic N) is 2. The number of anilines is 2. The molecule has 0 atom stereocenters. The molecule has 2 heterocycles. The standard InChI is InChI=1S/C19H20N2O3S/c1-3-13-21(14-9-11-20-12-10-14)17-15-7-5-6-8-16(15)25-18(17)24-19(22)23-4-2/h5-12H,3-4,13H2,1-2H3. The van der Waals surface area contributed by atoms with Crippen LogP contribution in [0.25, 0.3) is 10.1 Å². The first-order valence-electron chi connectivity index (χ1n) is 8.28. The summed E-state index contributed by atoms with van der Waals surface area (Å²) < 4.78 is 11.5. The normalized spacial score (nSPS) is 10.6. The van der Waals surface area contributed by atoms with E-state index in [9.17, 15) is 4.79 Å². The van der Waals surface area contributed by atoms with Gasteiger partial charge in [-0.25, -0.2) is 4.79 Å². The highest BCUT2D eigenvalue weighted by atomic mass is 32.1. The molecule has 0 aliphatic rings. The summed E-state index contributed by atoms with van der Waals surface area (Å²) in [4.78, 5) is 18.2. The lowest BCUT2D eigenvalue weighted by Crippen LogP contribution is -2.19. The predicted molar refractivity (Wildman–Crippen MR) is 101 cm³/mol. The van der Waals surface area contributed by atoms with Gasteiger partial charge in [-0.1, -0.05) is 36.5 Å². The Morgan fingerprint density at radius 2 is 1.92 bits per heavy atom. The molecule has 0 amide bonds. The average molecular weight is 356 g/mol. The number of carbonyl (C=O) groups is 1. The van der Waals surface area contributed by atoms with Gasteiger partial charge in [0.2, 0.25) is 5.06 Å². The molecule has 3 rings (SSSR count). The largest absolute Gasteiger partial charge is 0.514 e. The quantitative estimate of drug-likeness (QED) is 0.555. The molecule has 6 heteroatoms. The molecule has 2 aromatic heterocycles. The van der Waals surface area contributed by atoms with Gasteiger partial charge in [0.05, 0.1) is 6.61 Å². The van der Waals surface area contributed by atoms with Crippen molar-refractivity contribution in [1.29, 1.82) is 0 Å². The number of hydrogen-bond acceptors (Lipinski definition) is 6. The molecule has 3 aromatic rings. The van der Waals surface area contributed by atoms with Crippen LogP contribution in [-0.2, 0) is 4.74 Å². The molecular formula is C19H20N2O3S. The van der Waals surface area contributed by atoms with Crippen LogP contribution >= 0.6 is 11.3 Å². The first-order valence-corrected chi connectivity index (χ1v) is 9.10. The van der Waals surface area contributed by atoms with Crippen LogP contribution in [0.4, 0.5) is 16.2 Å². The molecule has 0 aliphatic heterocycles. The van der Waals surface area contributed by atoms with Crippen molar-refractivity contribution in [2.75, 3.05) is 18.1 Å². The van der Waals surface area contributed by atoms with E-state index in [2.05, 4.69) is 16.8 Å². The highest BCUT2D eigenvalue weighted by molar-refractivity contribution is 7.21. The predicted octanol–water partition coefficient (Wildman–Crippen LogP) is 5.38. The molecule has 0 radical (unpaired) electrons. The minimum Gasteiger partial charge on any atom is -0.434 e. The molecule has 0 saturated carbocycles. The van der Waals surface area contributed by atoms with Gasteiger partial charge in [0.25, 0.3) is 0 Å². The van der Waals surface area contributed by atoms with Crippen molar-refractivity contribution in [3.05, 3.63) is 48.8 Å². The summed E-state index contributed by atoms with van der Waals surface area (Å²) in [6.45, 7) is 4.95. The number of fused-ring (bicyclic) bond motifs is 1. The highest BCUT2D eigenvalue weighted by Crippen LogP contribution is 2.46. The van der Waals surface area contributed by atoms with Crippen molar-refractivity contribution in [1.82, 2.24) is 4.98 Å². The lowest BCUT2D eigenvalue weighted by Gasteiger charge is -2.24. The van der Waals surface area contributed by atoms with Gasteiger partial charge in [0, 0.05) is 34.7 Å². The van der Waals surface area contributed by atoms with Crippen molar-refractivity contribution in [2.45, 2.75) is 20.3 Å². The third-order valence-corrected chi connectivity index (χ3v) is 4.71. The summed E-state index contributed by atoms with van der Waals surface area (Å²) in [5, 5.41) is 1.60. The summed E-state index contributed by atoms with van der Waals surface area (Å²) in [6.07, 6.45) is 3.80. The zero-order valence-corrected chi connectivity index (χ0v) is 15.1. The second-order valence-electron chi connectivity index (χ2n) is 5.38. The molecule has 130 valence electrons. The summed E-state index contributed by atoms with van der Waals surface area (Å²) in [7, 11) is 0. The van der Waals surface area contributed by atoms with Crippen LogP contribution in [0.3, 0.4) is 0 Å². The molecule has 0 spiro atoms. The Labute approximate surface area is 150 Å². The number of hydrogen-bond donors (Lipinski definition) is 0. The smallest absolute Gasteiger partial charge is 0.434 e. The number of rotatable bonds is 6. The molecule has 0 bridgehead atoms. The van der Waals surface area contributed by atoms with E-state index in [1.54, 1.807) is 19.3 Å². The van der Waals surface area contributed by atoms with Gasteiger partial charge in [-0.3, -0.25) is 4.98 Å². The molecule has 0 saturated heterocycles. The van der Waals surface area contributed by atoms with Crippen LogP contribution in [0.2, 0.25) is 0 Å². The maximum atomic E-state index is 11.9. The number of aromatic nitrogens is 1. The molecule has 1 aromatic carbocycles. The second kappa shape index (κ2) is 7.98. The Morgan fingerprint density at radius 1 is 1.16 bits per heavy atom. The van der Waals surface area contributed by atoms with Crippen molar-refractivity contribution in [3.8, 4) is 5.06 Å². The maximum absolute atomic E-state index is 11.9. The average Bonchev–Trinajstić information content (AvgIpc) is 2.98. The SMILES string of the molecule is CCCN(c1ccncc1)c1c(OC(=O)OCC)sc2ccccc12. The zero-order chi connectivity index (χ0) is 17.6. The summed E-state index contributed by atoms with van der Waals surface area (Å²) >= 11 is 1.45. The third kappa shape index (κ3) is 3.74. The van der Waals surface area contributed by atoms with Crippen molar-refractivity contribution >= 4 is 39.0 Å². The lowest BCUT2D eigenvalue weighted by molar-refractivity contribution is 0.106. The molecule has 0 N–H and O–H groups in total. The summed E-state index contributed by atoms with van der Waals surface area (Å²) in [6, 6.07) is 11.9. The number of benzene rings is 1. The molecule has 5 nitrogen and oxygen atoms in total. The van der Waals surface area contributed by atoms with Crippen LogP contribution in [-0.4, -0.2) is 24.3 Å². The van der Waals surface area contributed by atoms with Gasteiger partial charge in [0.1, 0.15) is 5.69 Å². The summed E-state index contributed by atoms with van der Waals surface area (Å²) in [5.74, 6) is 0. The van der Waals surface area contributed by atoms with Gasteiger partial charge >= 0.3 is 6.16 Å². The van der Waals surface area contributed by atoms with Gasteiger partial charge in [-0.05, 0) is 31.5 Å². The highest BCUT2D eigenvalue weighted by Gasteiger charge is 2.22. The van der Waals surface area contributed by atoms with E-state index in [-0.39, 0.29) is 6.61 Å². The van der Waals surface area contributed by atoms with Gasteiger partial charge in [-0.2, -0.15) is 0 Å². The minimum absolute atomic E-state index is 0.280. The minimum atomic E-state index is -0.679. The van der Waals surface area contributed by atoms with Gasteiger partial charge < -0.3 is 14.4 Å². The number of ether oxygens (including phenoxy) is 2. The fourth-order valence-corrected chi connectivity index (χ4v) is 3.72. The van der Waals surface area contributed by atoms with Crippen LogP contribution in [0.5, 0.6) is 5.06 Å². The summed E-state index contributed by atoms with van der Waals surface area (Å²) in [5.41, 5.74) is 1.90. The fourth-order valence-electron chi connectivity index (χ4n) is 2.67. The van der Waals surface area contributed by atoms with Crippen LogP contribution < -0.4 is 9.64 Å². The Hall–Kier alpha value is -2.60. The van der Waals surface area contributed by atoms with Crippen LogP contribution in [0.15, 0.2) is 48.8 Å². The van der Waals surface area contributed by atoms with Crippen molar-refractivity contribution in [2.24, 2.45) is 0 Å². The number of thiophene rings is 1. The maximum Gasteiger partial charge on any atom is 0.514 e. The zero-order valence-electron chi connectivity index (χ0n) is 14.3. The van der Waals surface area contributed by atoms with Crippen molar-refractivity contribution in [3.63, 3.8) is 0 Å². The second-order valence-corrected chi connectivity index (χ2v) is 6.39. The third-order valence-electron chi connectivity index (χ3n) is 3.67. The van der Waals surface area contributed by atoms with E-state index < -0.39 is 6.16 Å².